The fourth-order valence-electron chi connectivity index (χ4n) is 3.54. The molecule has 0 N–H and O–H groups in total. The van der Waals surface area contributed by atoms with Gasteiger partial charge in [0.05, 0.1) is 23.1 Å². The highest BCUT2D eigenvalue weighted by atomic mass is 16.6. The van der Waals surface area contributed by atoms with Crippen LogP contribution in [0.2, 0.25) is 0 Å². The molecule has 0 spiro atoms. The largest absolute Gasteiger partial charge is 0.461 e. The molecule has 3 aliphatic carbocycles. The van der Waals surface area contributed by atoms with Crippen LogP contribution in [0.5, 0.6) is 0 Å². The summed E-state index contributed by atoms with van der Waals surface area (Å²) >= 11 is 0. The molecule has 0 aromatic rings. The van der Waals surface area contributed by atoms with Gasteiger partial charge in [0.2, 0.25) is 0 Å². The summed E-state index contributed by atoms with van der Waals surface area (Å²) in [6.07, 6.45) is 1.18. The van der Waals surface area contributed by atoms with Gasteiger partial charge in [0.25, 0.3) is 0 Å². The fraction of sp³-hybridized carbons (Fsp3) is 0.583. The predicted octanol–water partition coefficient (Wildman–Crippen LogP) is 1.30. The van der Waals surface area contributed by atoms with Crippen LogP contribution in [-0.4, -0.2) is 12.1 Å². The van der Waals surface area contributed by atoms with E-state index in [1.54, 1.807) is 0 Å². The van der Waals surface area contributed by atoms with Gasteiger partial charge >= 0.3 is 5.97 Å². The van der Waals surface area contributed by atoms with Gasteiger partial charge in [-0.05, 0) is 25.7 Å². The van der Waals surface area contributed by atoms with Gasteiger partial charge in [0.15, 0.2) is 0 Å². The molecule has 4 bridgehead atoms. The maximum absolute atomic E-state index is 11.8. The van der Waals surface area contributed by atoms with E-state index in [2.05, 4.69) is 12.1 Å². The van der Waals surface area contributed by atoms with Crippen LogP contribution in [0.4, 0.5) is 0 Å². The summed E-state index contributed by atoms with van der Waals surface area (Å²) in [4.78, 5) is 11.8. The molecule has 1 heterocycles. The monoisotopic (exact) mass is 214 g/mol. The smallest absolute Gasteiger partial charge is 0.312 e. The summed E-state index contributed by atoms with van der Waals surface area (Å²) in [5.74, 6) is -0.356. The van der Waals surface area contributed by atoms with E-state index in [0.29, 0.717) is 24.0 Å². The highest BCUT2D eigenvalue weighted by molar-refractivity contribution is 5.82. The maximum atomic E-state index is 11.8. The lowest BCUT2D eigenvalue weighted by Crippen LogP contribution is -2.45. The highest BCUT2D eigenvalue weighted by Gasteiger charge is 2.64. The van der Waals surface area contributed by atoms with Gasteiger partial charge < -0.3 is 4.74 Å². The van der Waals surface area contributed by atoms with Crippen molar-refractivity contribution >= 4 is 5.97 Å². The number of nitrogens with zero attached hydrogens (tertiary/aromatic N) is 2. The quantitative estimate of drug-likeness (QED) is 0.569. The minimum atomic E-state index is -0.570. The summed E-state index contributed by atoms with van der Waals surface area (Å²) in [7, 11) is 0. The Morgan fingerprint density at radius 3 is 2.62 bits per heavy atom. The molecule has 4 heteroatoms. The van der Waals surface area contributed by atoms with E-state index in [1.807, 2.05) is 6.92 Å². The van der Waals surface area contributed by atoms with E-state index < -0.39 is 5.41 Å². The van der Waals surface area contributed by atoms with Crippen molar-refractivity contribution in [2.45, 2.75) is 25.9 Å². The lowest BCUT2D eigenvalue weighted by molar-refractivity contribution is -0.147. The van der Waals surface area contributed by atoms with Crippen LogP contribution in [0.3, 0.4) is 0 Å². The molecular weight excluding hydrogens is 204 g/mol. The Bertz CT molecular complexity index is 508. The number of hydrogen-bond donors (Lipinski definition) is 0. The normalized spacial score (nSPS) is 43.9. The second kappa shape index (κ2) is 2.65. The number of carbonyl (C=O) groups is 1. The molecule has 1 aliphatic heterocycles. The van der Waals surface area contributed by atoms with Gasteiger partial charge in [-0.2, -0.15) is 10.5 Å². The Kier molecular flexibility index (Phi) is 1.56. The van der Waals surface area contributed by atoms with E-state index in [4.69, 9.17) is 15.3 Å². The summed E-state index contributed by atoms with van der Waals surface area (Å²) in [6, 6.07) is 4.24. The van der Waals surface area contributed by atoms with Crippen molar-refractivity contribution in [3.05, 3.63) is 11.1 Å². The molecule has 0 aromatic carbocycles. The second-order valence-corrected chi connectivity index (χ2v) is 5.03. The first kappa shape index (κ1) is 9.42. The Morgan fingerprint density at radius 2 is 2.06 bits per heavy atom. The van der Waals surface area contributed by atoms with Crippen LogP contribution in [-0.2, 0) is 9.53 Å². The minimum absolute atomic E-state index is 0.0334. The Balaban J connectivity index is 2.23. The summed E-state index contributed by atoms with van der Waals surface area (Å²) in [5, 5.41) is 18.2. The second-order valence-electron chi connectivity index (χ2n) is 5.03. The number of nitriles is 2. The van der Waals surface area contributed by atoms with Crippen molar-refractivity contribution in [3.8, 4) is 12.1 Å². The van der Waals surface area contributed by atoms with Crippen LogP contribution in [0.25, 0.3) is 0 Å². The first-order chi connectivity index (χ1) is 7.61. The van der Waals surface area contributed by atoms with Crippen LogP contribution >= 0.6 is 0 Å². The average molecular weight is 214 g/mol. The zero-order chi connectivity index (χ0) is 11.5. The maximum Gasteiger partial charge on any atom is 0.312 e. The van der Waals surface area contributed by atoms with Crippen LogP contribution < -0.4 is 0 Å². The van der Waals surface area contributed by atoms with Crippen molar-refractivity contribution in [1.82, 2.24) is 0 Å². The number of allylic oxidation sites excluding steroid dienone is 1. The first-order valence-electron chi connectivity index (χ1n) is 5.37. The third kappa shape index (κ3) is 0.818. The van der Waals surface area contributed by atoms with Crippen molar-refractivity contribution in [1.29, 1.82) is 10.5 Å². The van der Waals surface area contributed by atoms with Gasteiger partial charge in [-0.1, -0.05) is 0 Å². The third-order valence-electron chi connectivity index (χ3n) is 4.22. The molecule has 0 radical (unpaired) electrons. The summed E-state index contributed by atoms with van der Waals surface area (Å²) in [5.41, 5.74) is 0.502. The van der Waals surface area contributed by atoms with Crippen molar-refractivity contribution < 1.29 is 9.53 Å². The number of carbonyl (C=O) groups excluding carboxylic acids is 1. The molecule has 2 fully saturated rings. The molecule has 0 aromatic heterocycles. The zero-order valence-corrected chi connectivity index (χ0v) is 8.86. The number of rotatable bonds is 0. The molecule has 0 amide bonds. The molecule has 1 saturated carbocycles. The predicted molar refractivity (Wildman–Crippen MR) is 52.5 cm³/mol. The average Bonchev–Trinajstić information content (AvgIpc) is 2.43. The van der Waals surface area contributed by atoms with E-state index in [1.165, 1.54) is 0 Å². The van der Waals surface area contributed by atoms with E-state index in [9.17, 15) is 4.79 Å². The van der Waals surface area contributed by atoms with Crippen LogP contribution in [0, 0.1) is 39.9 Å². The van der Waals surface area contributed by atoms with Crippen LogP contribution in [0.15, 0.2) is 11.1 Å². The van der Waals surface area contributed by atoms with Crippen LogP contribution in [0.1, 0.15) is 19.8 Å². The number of esters is 1. The molecule has 1 saturated heterocycles. The Labute approximate surface area is 93.1 Å². The van der Waals surface area contributed by atoms with Gasteiger partial charge in [0, 0.05) is 11.5 Å². The van der Waals surface area contributed by atoms with Gasteiger partial charge in [0.1, 0.15) is 6.10 Å². The molecular formula is C12H10N2O2. The van der Waals surface area contributed by atoms with E-state index in [0.717, 1.165) is 0 Å². The molecule has 4 unspecified atom stereocenters. The van der Waals surface area contributed by atoms with Gasteiger partial charge in [-0.3, -0.25) is 4.79 Å². The van der Waals surface area contributed by atoms with Crippen molar-refractivity contribution in [2.75, 3.05) is 0 Å². The summed E-state index contributed by atoms with van der Waals surface area (Å²) in [6.45, 7) is 1.86. The fourth-order valence-corrected chi connectivity index (χ4v) is 3.54. The number of ether oxygens (including phenoxy) is 1. The van der Waals surface area contributed by atoms with Crippen molar-refractivity contribution in [3.63, 3.8) is 0 Å². The Hall–Kier alpha value is -1.81. The molecule has 4 rings (SSSR count). The molecule has 4 aliphatic rings. The van der Waals surface area contributed by atoms with E-state index in [-0.39, 0.29) is 23.9 Å². The zero-order valence-electron chi connectivity index (χ0n) is 8.86. The highest BCUT2D eigenvalue weighted by Crippen LogP contribution is 2.59. The van der Waals surface area contributed by atoms with Crippen molar-refractivity contribution in [2.24, 2.45) is 17.3 Å². The topological polar surface area (TPSA) is 73.9 Å². The summed E-state index contributed by atoms with van der Waals surface area (Å²) < 4.78 is 5.31. The number of hydrogen-bond acceptors (Lipinski definition) is 4. The first-order valence-corrected chi connectivity index (χ1v) is 5.37. The third-order valence-corrected chi connectivity index (χ3v) is 4.22. The molecule has 16 heavy (non-hydrogen) atoms. The lowest BCUT2D eigenvalue weighted by atomic mass is 9.55. The van der Waals surface area contributed by atoms with Gasteiger partial charge in [-0.25, -0.2) is 0 Å². The minimum Gasteiger partial charge on any atom is -0.461 e. The molecule has 4 atom stereocenters. The SMILES string of the molecule is CC12CC3CC(OC1=O)C2C(C#N)=C3C#N. The van der Waals surface area contributed by atoms with Gasteiger partial charge in [-0.15, -0.1) is 0 Å². The van der Waals surface area contributed by atoms with E-state index >= 15 is 0 Å². The molecule has 4 nitrogen and oxygen atoms in total. The molecule has 80 valence electrons. The lowest BCUT2D eigenvalue weighted by Gasteiger charge is -2.42. The Morgan fingerprint density at radius 1 is 1.38 bits per heavy atom. The standard InChI is InChI=1S/C12H10N2O2/c1-12-3-6-2-9(16-11(12)15)10(12)8(5-14)7(6)4-13/h6,9-10H,2-3H2,1H3.